The van der Waals surface area contributed by atoms with Crippen molar-refractivity contribution >= 4 is 33.2 Å². The Bertz CT molecular complexity index is 871. The number of sulfonamides is 1. The van der Waals surface area contributed by atoms with Crippen LogP contribution in [0.2, 0.25) is 5.02 Å². The van der Waals surface area contributed by atoms with E-state index in [0.717, 1.165) is 17.4 Å². The fraction of sp³-hybridized carbons (Fsp3) is 0.278. The summed E-state index contributed by atoms with van der Waals surface area (Å²) < 4.78 is 30.4. The molecule has 0 aliphatic carbocycles. The minimum absolute atomic E-state index is 0.100. The average molecular weight is 397 g/mol. The monoisotopic (exact) mass is 396 g/mol. The Morgan fingerprint density at radius 1 is 1.19 bits per heavy atom. The molecule has 1 unspecified atom stereocenters. The van der Waals surface area contributed by atoms with Gasteiger partial charge in [0.15, 0.2) is 0 Å². The summed E-state index contributed by atoms with van der Waals surface area (Å²) in [5.74, 6) is -0.272. The molecule has 2 aromatic carbocycles. The standard InChI is InChI=1S/C18H21ClN2O4S/c1-13(14-7-5-8-16(10-14)21-26(2,23)24)20-18(22)12-25-11-15-6-3-4-9-17(15)19/h3-10,13,21H,11-12H2,1-2H3,(H,20,22). The number of anilines is 1. The van der Waals surface area contributed by atoms with Crippen LogP contribution >= 0.6 is 11.6 Å². The van der Waals surface area contributed by atoms with Crippen LogP contribution in [0.1, 0.15) is 24.1 Å². The highest BCUT2D eigenvalue weighted by Gasteiger charge is 2.11. The maximum atomic E-state index is 12.0. The molecular weight excluding hydrogens is 376 g/mol. The first-order valence-corrected chi connectivity index (χ1v) is 10.2. The highest BCUT2D eigenvalue weighted by Crippen LogP contribution is 2.18. The molecule has 2 rings (SSSR count). The van der Waals surface area contributed by atoms with Gasteiger partial charge in [-0.3, -0.25) is 9.52 Å². The molecule has 0 fully saturated rings. The molecule has 0 radical (unpaired) electrons. The van der Waals surface area contributed by atoms with Gasteiger partial charge in [0.05, 0.1) is 18.9 Å². The average Bonchev–Trinajstić information content (AvgIpc) is 2.55. The van der Waals surface area contributed by atoms with Gasteiger partial charge in [0, 0.05) is 10.7 Å². The number of benzene rings is 2. The topological polar surface area (TPSA) is 84.5 Å². The smallest absolute Gasteiger partial charge is 0.246 e. The Kier molecular flexibility index (Phi) is 7.02. The first kappa shape index (κ1) is 20.2. The number of halogens is 1. The molecule has 8 heteroatoms. The van der Waals surface area contributed by atoms with Crippen molar-refractivity contribution in [3.05, 3.63) is 64.7 Å². The predicted octanol–water partition coefficient (Wildman–Crippen LogP) is 3.11. The largest absolute Gasteiger partial charge is 0.367 e. The Morgan fingerprint density at radius 2 is 1.92 bits per heavy atom. The van der Waals surface area contributed by atoms with Gasteiger partial charge in [-0.25, -0.2) is 8.42 Å². The summed E-state index contributed by atoms with van der Waals surface area (Å²) in [4.78, 5) is 12.0. The zero-order valence-corrected chi connectivity index (χ0v) is 16.1. The van der Waals surface area contributed by atoms with Crippen molar-refractivity contribution in [2.45, 2.75) is 19.6 Å². The highest BCUT2D eigenvalue weighted by atomic mass is 35.5. The first-order valence-electron chi connectivity index (χ1n) is 7.93. The van der Waals surface area contributed by atoms with E-state index in [1.165, 1.54) is 0 Å². The van der Waals surface area contributed by atoms with Crippen LogP contribution in [0, 0.1) is 0 Å². The molecule has 140 valence electrons. The fourth-order valence-electron chi connectivity index (χ4n) is 2.32. The van der Waals surface area contributed by atoms with Gasteiger partial charge >= 0.3 is 0 Å². The molecule has 2 aromatic rings. The van der Waals surface area contributed by atoms with Crippen LogP contribution in [0.4, 0.5) is 5.69 Å². The molecule has 1 amide bonds. The van der Waals surface area contributed by atoms with Gasteiger partial charge in [0.1, 0.15) is 6.61 Å². The second-order valence-electron chi connectivity index (χ2n) is 5.87. The molecule has 0 aromatic heterocycles. The van der Waals surface area contributed by atoms with Gasteiger partial charge < -0.3 is 10.1 Å². The molecule has 0 saturated carbocycles. The maximum Gasteiger partial charge on any atom is 0.246 e. The number of ether oxygens (including phenoxy) is 1. The lowest BCUT2D eigenvalue weighted by atomic mass is 10.1. The molecule has 2 N–H and O–H groups in total. The predicted molar refractivity (Wildman–Crippen MR) is 103 cm³/mol. The van der Waals surface area contributed by atoms with Crippen molar-refractivity contribution in [3.63, 3.8) is 0 Å². The number of nitrogens with one attached hydrogen (secondary N) is 2. The molecule has 0 spiro atoms. The SMILES string of the molecule is CC(NC(=O)COCc1ccccc1Cl)c1cccc(NS(C)(=O)=O)c1. The molecule has 0 aliphatic heterocycles. The van der Waals surface area contributed by atoms with E-state index in [4.69, 9.17) is 16.3 Å². The lowest BCUT2D eigenvalue weighted by Crippen LogP contribution is -2.30. The van der Waals surface area contributed by atoms with E-state index in [0.29, 0.717) is 10.7 Å². The van der Waals surface area contributed by atoms with Gasteiger partial charge in [0.2, 0.25) is 15.9 Å². The van der Waals surface area contributed by atoms with Crippen LogP contribution in [-0.2, 0) is 26.2 Å². The van der Waals surface area contributed by atoms with E-state index < -0.39 is 10.0 Å². The van der Waals surface area contributed by atoms with Crippen molar-refractivity contribution in [1.82, 2.24) is 5.32 Å². The van der Waals surface area contributed by atoms with Crippen LogP contribution in [0.3, 0.4) is 0 Å². The number of amides is 1. The second kappa shape index (κ2) is 9.02. The van der Waals surface area contributed by atoms with E-state index in [2.05, 4.69) is 10.0 Å². The van der Waals surface area contributed by atoms with Crippen molar-refractivity contribution in [2.75, 3.05) is 17.6 Å². The molecule has 0 saturated heterocycles. The molecular formula is C18H21ClN2O4S. The van der Waals surface area contributed by atoms with E-state index in [1.807, 2.05) is 31.2 Å². The summed E-state index contributed by atoms with van der Waals surface area (Å²) in [6.07, 6.45) is 1.08. The van der Waals surface area contributed by atoms with Gasteiger partial charge in [0.25, 0.3) is 0 Å². The second-order valence-corrected chi connectivity index (χ2v) is 8.03. The van der Waals surface area contributed by atoms with Gasteiger partial charge in [-0.1, -0.05) is 41.9 Å². The molecule has 0 aliphatic rings. The zero-order valence-electron chi connectivity index (χ0n) is 14.5. The molecule has 6 nitrogen and oxygen atoms in total. The van der Waals surface area contributed by atoms with Crippen molar-refractivity contribution in [2.24, 2.45) is 0 Å². The quantitative estimate of drug-likeness (QED) is 0.718. The number of rotatable bonds is 8. The van der Waals surface area contributed by atoms with Crippen LogP contribution in [-0.4, -0.2) is 27.2 Å². The summed E-state index contributed by atoms with van der Waals surface area (Å²) in [6.45, 7) is 1.96. The number of hydrogen-bond acceptors (Lipinski definition) is 4. The Morgan fingerprint density at radius 3 is 2.62 bits per heavy atom. The molecule has 26 heavy (non-hydrogen) atoms. The number of hydrogen-bond donors (Lipinski definition) is 2. The molecule has 1 atom stereocenters. The fourth-order valence-corrected chi connectivity index (χ4v) is 3.07. The summed E-state index contributed by atoms with van der Waals surface area (Å²) in [5, 5.41) is 3.41. The summed E-state index contributed by atoms with van der Waals surface area (Å²) in [6, 6.07) is 13.8. The lowest BCUT2D eigenvalue weighted by Gasteiger charge is -2.16. The number of carbonyl (C=O) groups excluding carboxylic acids is 1. The van der Waals surface area contributed by atoms with E-state index >= 15 is 0 Å². The van der Waals surface area contributed by atoms with Gasteiger partial charge in [-0.2, -0.15) is 0 Å². The Balaban J connectivity index is 1.87. The third kappa shape index (κ3) is 6.67. The van der Waals surface area contributed by atoms with E-state index in [1.54, 1.807) is 24.3 Å². The van der Waals surface area contributed by atoms with Crippen LogP contribution < -0.4 is 10.0 Å². The minimum Gasteiger partial charge on any atom is -0.367 e. The van der Waals surface area contributed by atoms with Gasteiger partial charge in [-0.15, -0.1) is 0 Å². The Labute approximate surface area is 158 Å². The normalized spacial score (nSPS) is 12.4. The van der Waals surface area contributed by atoms with E-state index in [-0.39, 0.29) is 25.2 Å². The van der Waals surface area contributed by atoms with Crippen molar-refractivity contribution in [1.29, 1.82) is 0 Å². The zero-order chi connectivity index (χ0) is 19.2. The van der Waals surface area contributed by atoms with Crippen molar-refractivity contribution in [3.8, 4) is 0 Å². The van der Waals surface area contributed by atoms with Crippen LogP contribution in [0.5, 0.6) is 0 Å². The summed E-state index contributed by atoms with van der Waals surface area (Å²) in [5.41, 5.74) is 2.04. The van der Waals surface area contributed by atoms with E-state index in [9.17, 15) is 13.2 Å². The third-order valence-corrected chi connectivity index (χ3v) is 4.49. The summed E-state index contributed by atoms with van der Waals surface area (Å²) in [7, 11) is -3.35. The molecule has 0 heterocycles. The minimum atomic E-state index is -3.35. The van der Waals surface area contributed by atoms with Gasteiger partial charge in [-0.05, 0) is 36.2 Å². The molecule has 0 bridgehead atoms. The maximum absolute atomic E-state index is 12.0. The van der Waals surface area contributed by atoms with Crippen molar-refractivity contribution < 1.29 is 17.9 Å². The summed E-state index contributed by atoms with van der Waals surface area (Å²) >= 11 is 6.04. The van der Waals surface area contributed by atoms with Crippen LogP contribution in [0.15, 0.2) is 48.5 Å². The van der Waals surface area contributed by atoms with Crippen LogP contribution in [0.25, 0.3) is 0 Å². The highest BCUT2D eigenvalue weighted by molar-refractivity contribution is 7.92. The third-order valence-electron chi connectivity index (χ3n) is 3.52. The lowest BCUT2D eigenvalue weighted by molar-refractivity contribution is -0.126. The first-order chi connectivity index (χ1) is 12.2. The Hall–Kier alpha value is -2.09. The number of carbonyl (C=O) groups is 1.